The van der Waals surface area contributed by atoms with E-state index in [1.165, 1.54) is 6.07 Å². The zero-order valence-electron chi connectivity index (χ0n) is 14.4. The standard InChI is InChI=1S/C19H17N3O5/c23-19(18-11-13-3-1-2-4-17(13)27-18)20-14-5-6-15(16(12-14)22(24)25)21-7-9-26-10-8-21/h1-6,11-12H,7-10H2,(H,20,23). The minimum absolute atomic E-state index is 0.0562. The van der Waals surface area contributed by atoms with Crippen LogP contribution in [0.3, 0.4) is 0 Å². The van der Waals surface area contributed by atoms with Gasteiger partial charge in [-0.25, -0.2) is 0 Å². The Morgan fingerprint density at radius 2 is 1.89 bits per heavy atom. The Balaban J connectivity index is 1.58. The Morgan fingerprint density at radius 1 is 1.11 bits per heavy atom. The van der Waals surface area contributed by atoms with Crippen LogP contribution >= 0.6 is 0 Å². The van der Waals surface area contributed by atoms with Crippen LogP contribution < -0.4 is 10.2 Å². The third kappa shape index (κ3) is 3.47. The number of carbonyl (C=O) groups is 1. The van der Waals surface area contributed by atoms with Gasteiger partial charge in [0.2, 0.25) is 0 Å². The van der Waals surface area contributed by atoms with Gasteiger partial charge in [-0.1, -0.05) is 18.2 Å². The highest BCUT2D eigenvalue weighted by molar-refractivity contribution is 6.04. The lowest BCUT2D eigenvalue weighted by Gasteiger charge is -2.28. The first-order valence-corrected chi connectivity index (χ1v) is 8.53. The second-order valence-electron chi connectivity index (χ2n) is 6.16. The van der Waals surface area contributed by atoms with Crippen LogP contribution in [0.4, 0.5) is 17.1 Å². The zero-order valence-corrected chi connectivity index (χ0v) is 14.4. The summed E-state index contributed by atoms with van der Waals surface area (Å²) in [5.41, 5.74) is 1.41. The lowest BCUT2D eigenvalue weighted by Crippen LogP contribution is -2.36. The molecule has 1 fully saturated rings. The second-order valence-corrected chi connectivity index (χ2v) is 6.16. The smallest absolute Gasteiger partial charge is 0.294 e. The molecule has 8 nitrogen and oxygen atoms in total. The minimum Gasteiger partial charge on any atom is -0.451 e. The number of para-hydroxylation sites is 1. The number of benzene rings is 2. The summed E-state index contributed by atoms with van der Waals surface area (Å²) < 4.78 is 10.8. The van der Waals surface area contributed by atoms with Crippen molar-refractivity contribution in [1.82, 2.24) is 0 Å². The summed E-state index contributed by atoms with van der Waals surface area (Å²) in [6.07, 6.45) is 0. The van der Waals surface area contributed by atoms with Crippen LogP contribution in [0.15, 0.2) is 52.9 Å². The lowest BCUT2D eigenvalue weighted by molar-refractivity contribution is -0.384. The fourth-order valence-electron chi connectivity index (χ4n) is 3.11. The van der Waals surface area contributed by atoms with Gasteiger partial charge in [0, 0.05) is 30.2 Å². The molecule has 0 radical (unpaired) electrons. The average molecular weight is 367 g/mol. The first-order chi connectivity index (χ1) is 13.1. The van der Waals surface area contributed by atoms with Crippen molar-refractivity contribution in [2.45, 2.75) is 0 Å². The van der Waals surface area contributed by atoms with E-state index in [1.54, 1.807) is 24.3 Å². The number of nitro benzene ring substituents is 1. The molecule has 1 aliphatic heterocycles. The monoisotopic (exact) mass is 367 g/mol. The number of ether oxygens (including phenoxy) is 1. The quantitative estimate of drug-likeness (QED) is 0.560. The van der Waals surface area contributed by atoms with Crippen LogP contribution in [0.2, 0.25) is 0 Å². The van der Waals surface area contributed by atoms with E-state index in [-0.39, 0.29) is 11.4 Å². The van der Waals surface area contributed by atoms with E-state index < -0.39 is 10.8 Å². The van der Waals surface area contributed by atoms with Crippen molar-refractivity contribution in [2.24, 2.45) is 0 Å². The number of rotatable bonds is 4. The number of anilines is 2. The van der Waals surface area contributed by atoms with E-state index in [9.17, 15) is 14.9 Å². The van der Waals surface area contributed by atoms with Crippen molar-refractivity contribution in [3.8, 4) is 0 Å². The third-order valence-corrected chi connectivity index (χ3v) is 4.43. The van der Waals surface area contributed by atoms with Gasteiger partial charge in [-0.05, 0) is 24.3 Å². The molecule has 1 amide bonds. The SMILES string of the molecule is O=C(Nc1ccc(N2CCOCC2)c([N+](=O)[O-])c1)c1cc2ccccc2o1. The van der Waals surface area contributed by atoms with Gasteiger partial charge in [-0.15, -0.1) is 0 Å². The summed E-state index contributed by atoms with van der Waals surface area (Å²) in [6.45, 7) is 2.24. The minimum atomic E-state index is -0.459. The molecule has 2 aromatic carbocycles. The van der Waals surface area contributed by atoms with E-state index in [1.807, 2.05) is 23.1 Å². The largest absolute Gasteiger partial charge is 0.451 e. The molecule has 1 saturated heterocycles. The van der Waals surface area contributed by atoms with E-state index in [0.29, 0.717) is 43.3 Å². The Morgan fingerprint density at radius 3 is 2.63 bits per heavy atom. The van der Waals surface area contributed by atoms with Gasteiger partial charge in [0.25, 0.3) is 11.6 Å². The second kappa shape index (κ2) is 7.08. The number of furan rings is 1. The van der Waals surface area contributed by atoms with E-state index in [2.05, 4.69) is 5.32 Å². The molecule has 4 rings (SSSR count). The van der Waals surface area contributed by atoms with Crippen LogP contribution in [-0.2, 0) is 4.74 Å². The van der Waals surface area contributed by atoms with Crippen LogP contribution in [0.25, 0.3) is 11.0 Å². The van der Waals surface area contributed by atoms with E-state index in [0.717, 1.165) is 5.39 Å². The molecule has 0 spiro atoms. The molecule has 0 bridgehead atoms. The molecule has 0 atom stereocenters. The van der Waals surface area contributed by atoms with Gasteiger partial charge in [0.05, 0.1) is 18.1 Å². The van der Waals surface area contributed by atoms with Gasteiger partial charge in [-0.2, -0.15) is 0 Å². The molecule has 0 aliphatic carbocycles. The molecule has 0 unspecified atom stereocenters. The maximum absolute atomic E-state index is 12.4. The maximum Gasteiger partial charge on any atom is 0.294 e. The number of fused-ring (bicyclic) bond motifs is 1. The van der Waals surface area contributed by atoms with Crippen molar-refractivity contribution in [1.29, 1.82) is 0 Å². The van der Waals surface area contributed by atoms with Gasteiger partial charge >= 0.3 is 0 Å². The highest BCUT2D eigenvalue weighted by Gasteiger charge is 2.23. The van der Waals surface area contributed by atoms with Crippen molar-refractivity contribution >= 4 is 33.9 Å². The van der Waals surface area contributed by atoms with Crippen LogP contribution in [0.5, 0.6) is 0 Å². The van der Waals surface area contributed by atoms with Crippen LogP contribution in [0, 0.1) is 10.1 Å². The van der Waals surface area contributed by atoms with Crippen LogP contribution in [0.1, 0.15) is 10.6 Å². The summed E-state index contributed by atoms with van der Waals surface area (Å²) in [4.78, 5) is 25.4. The number of nitro groups is 1. The van der Waals surface area contributed by atoms with Gasteiger partial charge < -0.3 is 19.4 Å². The van der Waals surface area contributed by atoms with Gasteiger partial charge in [-0.3, -0.25) is 14.9 Å². The molecule has 2 heterocycles. The molecule has 138 valence electrons. The van der Waals surface area contributed by atoms with Crippen molar-refractivity contribution in [3.05, 3.63) is 64.4 Å². The molecule has 8 heteroatoms. The fourth-order valence-corrected chi connectivity index (χ4v) is 3.11. The van der Waals surface area contributed by atoms with Gasteiger partial charge in [0.15, 0.2) is 5.76 Å². The topological polar surface area (TPSA) is 97.9 Å². The molecule has 0 saturated carbocycles. The van der Waals surface area contributed by atoms with Crippen molar-refractivity contribution in [2.75, 3.05) is 36.5 Å². The number of nitrogens with zero attached hydrogens (tertiary/aromatic N) is 2. The molecule has 1 aliphatic rings. The molecular weight excluding hydrogens is 350 g/mol. The molecule has 1 N–H and O–H groups in total. The summed E-state index contributed by atoms with van der Waals surface area (Å²) in [6, 6.07) is 13.6. The lowest BCUT2D eigenvalue weighted by atomic mass is 10.2. The first-order valence-electron chi connectivity index (χ1n) is 8.53. The Labute approximate surface area is 154 Å². The third-order valence-electron chi connectivity index (χ3n) is 4.43. The molecule has 27 heavy (non-hydrogen) atoms. The Bertz CT molecular complexity index is 975. The van der Waals surface area contributed by atoms with Crippen molar-refractivity contribution in [3.63, 3.8) is 0 Å². The number of carbonyl (C=O) groups excluding carboxylic acids is 1. The number of hydrogen-bond donors (Lipinski definition) is 1. The zero-order chi connectivity index (χ0) is 18.8. The average Bonchev–Trinajstić information content (AvgIpc) is 3.13. The Kier molecular flexibility index (Phi) is 4.47. The molecular formula is C19H17N3O5. The molecule has 3 aromatic rings. The number of nitrogens with one attached hydrogen (secondary N) is 1. The van der Waals surface area contributed by atoms with E-state index >= 15 is 0 Å². The summed E-state index contributed by atoms with van der Waals surface area (Å²) in [5.74, 6) is -0.310. The number of amides is 1. The summed E-state index contributed by atoms with van der Waals surface area (Å²) in [5, 5.41) is 15.0. The predicted molar refractivity (Wildman–Crippen MR) is 100 cm³/mol. The fraction of sp³-hybridized carbons (Fsp3) is 0.211. The molecule has 1 aromatic heterocycles. The highest BCUT2D eigenvalue weighted by Crippen LogP contribution is 2.32. The maximum atomic E-state index is 12.4. The van der Waals surface area contributed by atoms with E-state index in [4.69, 9.17) is 9.15 Å². The predicted octanol–water partition coefficient (Wildman–Crippen LogP) is 3.43. The normalized spacial score (nSPS) is 14.3. The number of morpholine rings is 1. The summed E-state index contributed by atoms with van der Waals surface area (Å²) in [7, 11) is 0. The summed E-state index contributed by atoms with van der Waals surface area (Å²) >= 11 is 0. The van der Waals surface area contributed by atoms with Crippen LogP contribution in [-0.4, -0.2) is 37.1 Å². The highest BCUT2D eigenvalue weighted by atomic mass is 16.6. The number of hydrogen-bond acceptors (Lipinski definition) is 6. The Hall–Kier alpha value is -3.39. The van der Waals surface area contributed by atoms with Gasteiger partial charge in [0.1, 0.15) is 11.3 Å². The first kappa shape index (κ1) is 17.0. The van der Waals surface area contributed by atoms with Crippen molar-refractivity contribution < 1.29 is 18.9 Å².